The molecule has 2 aromatic carbocycles. The van der Waals surface area contributed by atoms with Crippen LogP contribution in [0.1, 0.15) is 24.0 Å². The van der Waals surface area contributed by atoms with Crippen molar-refractivity contribution in [3.8, 4) is 0 Å². The van der Waals surface area contributed by atoms with E-state index in [1.165, 1.54) is 23.8 Å². The summed E-state index contributed by atoms with van der Waals surface area (Å²) in [5.74, 6) is 0.652. The van der Waals surface area contributed by atoms with Crippen molar-refractivity contribution in [2.45, 2.75) is 25.8 Å². The van der Waals surface area contributed by atoms with Gasteiger partial charge in [0.25, 0.3) is 0 Å². The van der Waals surface area contributed by atoms with E-state index >= 15 is 0 Å². The molecule has 3 aromatic rings. The first-order valence-corrected chi connectivity index (χ1v) is 10.7. The minimum atomic E-state index is -0.0769. The Kier molecular flexibility index (Phi) is 6.53. The van der Waals surface area contributed by atoms with E-state index in [0.717, 1.165) is 56.1 Å². The average Bonchev–Trinajstić information content (AvgIpc) is 2.74. The van der Waals surface area contributed by atoms with Gasteiger partial charge in [0.05, 0.1) is 5.52 Å². The fourth-order valence-corrected chi connectivity index (χ4v) is 4.46. The Bertz CT molecular complexity index is 929. The first kappa shape index (κ1) is 20.0. The fourth-order valence-electron chi connectivity index (χ4n) is 4.46. The second-order valence-corrected chi connectivity index (χ2v) is 8.32. The van der Waals surface area contributed by atoms with Crippen LogP contribution in [0.2, 0.25) is 0 Å². The predicted octanol–water partition coefficient (Wildman–Crippen LogP) is 4.76. The molecule has 3 nitrogen and oxygen atoms in total. The molecule has 1 aliphatic heterocycles. The van der Waals surface area contributed by atoms with Crippen molar-refractivity contribution in [1.29, 1.82) is 0 Å². The highest BCUT2D eigenvalue weighted by Crippen LogP contribution is 2.21. The predicted molar refractivity (Wildman–Crippen MR) is 117 cm³/mol. The van der Waals surface area contributed by atoms with Gasteiger partial charge in [-0.15, -0.1) is 0 Å². The second-order valence-electron chi connectivity index (χ2n) is 8.32. The Hall–Kier alpha value is -2.30. The Balaban J connectivity index is 1.24. The molecule has 0 amide bonds. The number of hydrogen-bond donors (Lipinski definition) is 0. The Labute approximate surface area is 173 Å². The molecule has 1 fully saturated rings. The summed E-state index contributed by atoms with van der Waals surface area (Å²) in [6, 6.07) is 17.7. The van der Waals surface area contributed by atoms with Crippen LogP contribution in [0.15, 0.2) is 60.8 Å². The Morgan fingerprint density at radius 2 is 1.76 bits per heavy atom. The van der Waals surface area contributed by atoms with Gasteiger partial charge >= 0.3 is 0 Å². The molecule has 0 bridgehead atoms. The topological polar surface area (TPSA) is 19.4 Å². The summed E-state index contributed by atoms with van der Waals surface area (Å²) in [5, 5.41) is 1.21. The summed E-state index contributed by atoms with van der Waals surface area (Å²) in [5.41, 5.74) is 3.25. The highest BCUT2D eigenvalue weighted by Gasteiger charge is 2.20. The van der Waals surface area contributed by atoms with Crippen LogP contribution < -0.4 is 0 Å². The van der Waals surface area contributed by atoms with E-state index in [9.17, 15) is 4.39 Å². The third-order valence-electron chi connectivity index (χ3n) is 6.09. The standard InChI is InChI=1S/C25H30FN3/c1-28(19-23-8-4-7-22-9-5-14-27-25(22)23)18-20-11-15-29(16-12-20)17-13-21-6-2-3-10-24(21)26/h2-10,14,20H,11-13,15-19H2,1H3. The van der Waals surface area contributed by atoms with Crippen molar-refractivity contribution in [2.24, 2.45) is 5.92 Å². The maximum absolute atomic E-state index is 13.8. The van der Waals surface area contributed by atoms with E-state index < -0.39 is 0 Å². The van der Waals surface area contributed by atoms with E-state index in [1.807, 2.05) is 24.4 Å². The SMILES string of the molecule is CN(Cc1cccc2cccnc12)CC1CCN(CCc2ccccc2F)CC1. The number of para-hydroxylation sites is 1. The lowest BCUT2D eigenvalue weighted by atomic mass is 9.95. The van der Waals surface area contributed by atoms with Crippen LogP contribution in [0, 0.1) is 11.7 Å². The number of rotatable bonds is 7. The lowest BCUT2D eigenvalue weighted by molar-refractivity contribution is 0.153. The van der Waals surface area contributed by atoms with Crippen molar-refractivity contribution in [2.75, 3.05) is 33.2 Å². The van der Waals surface area contributed by atoms with Crippen molar-refractivity contribution >= 4 is 10.9 Å². The number of hydrogen-bond acceptors (Lipinski definition) is 3. The molecule has 1 saturated heterocycles. The van der Waals surface area contributed by atoms with Gasteiger partial charge in [-0.05, 0) is 68.6 Å². The van der Waals surface area contributed by atoms with Crippen molar-refractivity contribution in [1.82, 2.24) is 14.8 Å². The van der Waals surface area contributed by atoms with Gasteiger partial charge in [-0.1, -0.05) is 42.5 Å². The first-order valence-electron chi connectivity index (χ1n) is 10.7. The third kappa shape index (κ3) is 5.20. The summed E-state index contributed by atoms with van der Waals surface area (Å²) >= 11 is 0. The van der Waals surface area contributed by atoms with E-state index in [1.54, 1.807) is 12.1 Å². The molecule has 152 valence electrons. The van der Waals surface area contributed by atoms with Crippen molar-refractivity contribution < 1.29 is 4.39 Å². The molecule has 0 unspecified atom stereocenters. The number of benzene rings is 2. The molecule has 1 aliphatic rings. The highest BCUT2D eigenvalue weighted by atomic mass is 19.1. The third-order valence-corrected chi connectivity index (χ3v) is 6.09. The maximum atomic E-state index is 13.8. The quantitative estimate of drug-likeness (QED) is 0.579. The number of likely N-dealkylation sites (tertiary alicyclic amines) is 1. The van der Waals surface area contributed by atoms with E-state index in [0.29, 0.717) is 0 Å². The molecule has 0 spiro atoms. The molecule has 0 radical (unpaired) electrons. The molecule has 0 atom stereocenters. The number of piperidine rings is 1. The molecular weight excluding hydrogens is 361 g/mol. The van der Waals surface area contributed by atoms with Gasteiger partial charge < -0.3 is 9.80 Å². The molecule has 0 saturated carbocycles. The molecule has 0 N–H and O–H groups in total. The lowest BCUT2D eigenvalue weighted by Gasteiger charge is -2.34. The molecule has 0 aliphatic carbocycles. The zero-order valence-electron chi connectivity index (χ0n) is 17.2. The van der Waals surface area contributed by atoms with Crippen molar-refractivity contribution in [3.63, 3.8) is 0 Å². The van der Waals surface area contributed by atoms with E-state index in [2.05, 4.69) is 46.1 Å². The van der Waals surface area contributed by atoms with E-state index in [4.69, 9.17) is 0 Å². The molecular formula is C25H30FN3. The molecule has 1 aromatic heterocycles. The zero-order chi connectivity index (χ0) is 20.1. The summed E-state index contributed by atoms with van der Waals surface area (Å²) in [6.07, 6.45) is 5.11. The van der Waals surface area contributed by atoms with Gasteiger partial charge in [0.15, 0.2) is 0 Å². The normalized spacial score (nSPS) is 16.0. The number of aromatic nitrogens is 1. The van der Waals surface area contributed by atoms with Gasteiger partial charge in [-0.3, -0.25) is 4.98 Å². The lowest BCUT2D eigenvalue weighted by Crippen LogP contribution is -2.38. The first-order chi connectivity index (χ1) is 14.2. The number of nitrogens with zero attached hydrogens (tertiary/aromatic N) is 3. The zero-order valence-corrected chi connectivity index (χ0v) is 17.2. The molecule has 4 rings (SSSR count). The summed E-state index contributed by atoms with van der Waals surface area (Å²) in [7, 11) is 2.21. The van der Waals surface area contributed by atoms with Crippen molar-refractivity contribution in [3.05, 3.63) is 77.7 Å². The Morgan fingerprint density at radius 1 is 1.00 bits per heavy atom. The van der Waals surface area contributed by atoms with Crippen LogP contribution in [-0.2, 0) is 13.0 Å². The van der Waals surface area contributed by atoms with E-state index in [-0.39, 0.29) is 5.82 Å². The van der Waals surface area contributed by atoms with Crippen LogP contribution in [0.3, 0.4) is 0 Å². The maximum Gasteiger partial charge on any atom is 0.126 e. The van der Waals surface area contributed by atoms with Gasteiger partial charge in [-0.25, -0.2) is 4.39 Å². The average molecular weight is 392 g/mol. The highest BCUT2D eigenvalue weighted by molar-refractivity contribution is 5.81. The monoisotopic (exact) mass is 391 g/mol. The summed E-state index contributed by atoms with van der Waals surface area (Å²) < 4.78 is 13.8. The van der Waals surface area contributed by atoms with Crippen LogP contribution >= 0.6 is 0 Å². The van der Waals surface area contributed by atoms with Gasteiger partial charge in [0.2, 0.25) is 0 Å². The smallest absolute Gasteiger partial charge is 0.126 e. The van der Waals surface area contributed by atoms with Crippen LogP contribution in [0.4, 0.5) is 4.39 Å². The summed E-state index contributed by atoms with van der Waals surface area (Å²) in [6.45, 7) is 5.23. The number of fused-ring (bicyclic) bond motifs is 1. The minimum Gasteiger partial charge on any atom is -0.303 e. The van der Waals surface area contributed by atoms with Crippen LogP contribution in [0.5, 0.6) is 0 Å². The molecule has 2 heterocycles. The van der Waals surface area contributed by atoms with Crippen LogP contribution in [0.25, 0.3) is 10.9 Å². The second kappa shape index (κ2) is 9.47. The number of pyridine rings is 1. The molecule has 4 heteroatoms. The number of halogens is 1. The largest absolute Gasteiger partial charge is 0.303 e. The Morgan fingerprint density at radius 3 is 2.59 bits per heavy atom. The van der Waals surface area contributed by atoms with Crippen LogP contribution in [-0.4, -0.2) is 48.0 Å². The fraction of sp³-hybridized carbons (Fsp3) is 0.400. The minimum absolute atomic E-state index is 0.0769. The molecule has 29 heavy (non-hydrogen) atoms. The van der Waals surface area contributed by atoms with Gasteiger partial charge in [0, 0.05) is 31.2 Å². The van der Waals surface area contributed by atoms with Gasteiger partial charge in [-0.2, -0.15) is 0 Å². The van der Waals surface area contributed by atoms with Gasteiger partial charge in [0.1, 0.15) is 5.82 Å². The summed E-state index contributed by atoms with van der Waals surface area (Å²) in [4.78, 5) is 9.50.